The Morgan fingerprint density at radius 3 is 2.38 bits per heavy atom. The molecule has 0 aliphatic carbocycles. The lowest BCUT2D eigenvalue weighted by Crippen LogP contribution is -2.43. The summed E-state index contributed by atoms with van der Waals surface area (Å²) in [4.78, 5) is 11.9. The molecule has 1 unspecified atom stereocenters. The van der Waals surface area contributed by atoms with Gasteiger partial charge in [0.1, 0.15) is 11.9 Å². The molecule has 7 heteroatoms. The fraction of sp³-hybridized carbons (Fsp3) is 0.353. The Morgan fingerprint density at radius 2 is 1.79 bits per heavy atom. The number of hydrazine groups is 1. The first-order chi connectivity index (χ1) is 11.1. The summed E-state index contributed by atoms with van der Waals surface area (Å²) in [6.07, 6.45) is -4.59. The van der Waals surface area contributed by atoms with E-state index in [9.17, 15) is 22.4 Å². The second-order valence-corrected chi connectivity index (χ2v) is 6.65. The van der Waals surface area contributed by atoms with Crippen LogP contribution >= 0.6 is 0 Å². The Balaban J connectivity index is 2.06. The minimum Gasteiger partial charge on any atom is -0.287 e. The summed E-state index contributed by atoms with van der Waals surface area (Å²) in [5, 5.41) is 1.93. The normalized spacial score (nSPS) is 19.5. The van der Waals surface area contributed by atoms with Crippen LogP contribution in [0.5, 0.6) is 0 Å². The van der Waals surface area contributed by atoms with Crippen molar-refractivity contribution in [2.45, 2.75) is 26.1 Å². The van der Waals surface area contributed by atoms with Gasteiger partial charge in [-0.05, 0) is 48.4 Å². The molecule has 2 aromatic carbocycles. The smallest absolute Gasteiger partial charge is 0.287 e. The molecule has 1 fully saturated rings. The molecular weight excluding hydrogens is 324 g/mol. The zero-order chi connectivity index (χ0) is 17.7. The van der Waals surface area contributed by atoms with Crippen LogP contribution in [0.2, 0.25) is 0 Å². The summed E-state index contributed by atoms with van der Waals surface area (Å²) in [5.74, 6) is -0.970. The van der Waals surface area contributed by atoms with E-state index in [0.29, 0.717) is 10.8 Å². The second-order valence-electron chi connectivity index (χ2n) is 6.65. The van der Waals surface area contributed by atoms with E-state index in [4.69, 9.17) is 0 Å². The zero-order valence-electron chi connectivity index (χ0n) is 13.1. The summed E-state index contributed by atoms with van der Waals surface area (Å²) < 4.78 is 54.3. The van der Waals surface area contributed by atoms with Gasteiger partial charge in [-0.15, -0.1) is 0 Å². The van der Waals surface area contributed by atoms with Gasteiger partial charge in [-0.2, -0.15) is 13.2 Å². The van der Waals surface area contributed by atoms with E-state index < -0.39 is 29.4 Å². The molecule has 0 radical (unpaired) electrons. The monoisotopic (exact) mass is 340 g/mol. The van der Waals surface area contributed by atoms with E-state index in [1.807, 2.05) is 0 Å². The lowest BCUT2D eigenvalue weighted by molar-refractivity contribution is -0.191. The highest BCUT2D eigenvalue weighted by Gasteiger charge is 2.51. The minimum atomic E-state index is -4.59. The van der Waals surface area contributed by atoms with E-state index in [1.165, 1.54) is 36.4 Å². The van der Waals surface area contributed by atoms with Crippen LogP contribution in [0.1, 0.15) is 25.5 Å². The van der Waals surface area contributed by atoms with Crippen LogP contribution in [0, 0.1) is 11.2 Å². The lowest BCUT2D eigenvalue weighted by atomic mass is 9.93. The Bertz CT molecular complexity index is 801. The van der Waals surface area contributed by atoms with Crippen molar-refractivity contribution >= 4 is 16.7 Å². The van der Waals surface area contributed by atoms with Crippen molar-refractivity contribution in [1.82, 2.24) is 10.4 Å². The molecule has 1 saturated heterocycles. The maximum atomic E-state index is 13.6. The molecule has 1 aliphatic rings. The van der Waals surface area contributed by atoms with Crippen LogP contribution in [-0.2, 0) is 4.79 Å². The summed E-state index contributed by atoms with van der Waals surface area (Å²) in [6.45, 7) is 3.11. The minimum absolute atomic E-state index is 0.0430. The van der Waals surface area contributed by atoms with Crippen molar-refractivity contribution in [2.24, 2.45) is 5.41 Å². The van der Waals surface area contributed by atoms with Gasteiger partial charge >= 0.3 is 6.18 Å². The van der Waals surface area contributed by atoms with Crippen molar-refractivity contribution in [3.63, 3.8) is 0 Å². The van der Waals surface area contributed by atoms with Crippen LogP contribution in [0.15, 0.2) is 36.4 Å². The summed E-state index contributed by atoms with van der Waals surface area (Å²) >= 11 is 0. The highest BCUT2D eigenvalue weighted by atomic mass is 19.4. The fourth-order valence-corrected chi connectivity index (χ4v) is 2.93. The third-order valence-electron chi connectivity index (χ3n) is 4.19. The SMILES string of the molecule is CC1(C)CN(C(c2ccc3ccc(F)cc3c2)C(F)(F)F)NC1=O. The van der Waals surface area contributed by atoms with E-state index in [2.05, 4.69) is 5.43 Å². The number of nitrogens with zero attached hydrogens (tertiary/aromatic N) is 1. The molecule has 0 bridgehead atoms. The molecule has 3 rings (SSSR count). The average molecular weight is 340 g/mol. The van der Waals surface area contributed by atoms with Crippen molar-refractivity contribution < 1.29 is 22.4 Å². The van der Waals surface area contributed by atoms with Gasteiger partial charge in [-0.3, -0.25) is 10.2 Å². The highest BCUT2D eigenvalue weighted by molar-refractivity contribution is 5.84. The number of nitrogens with one attached hydrogen (secondary N) is 1. The van der Waals surface area contributed by atoms with E-state index >= 15 is 0 Å². The third kappa shape index (κ3) is 2.96. The van der Waals surface area contributed by atoms with Gasteiger partial charge in [0, 0.05) is 6.54 Å². The number of rotatable bonds is 2. The Morgan fingerprint density at radius 1 is 1.12 bits per heavy atom. The molecule has 2 aromatic rings. The molecule has 1 N–H and O–H groups in total. The number of hydrogen-bond donors (Lipinski definition) is 1. The average Bonchev–Trinajstić information content (AvgIpc) is 2.70. The van der Waals surface area contributed by atoms with Crippen LogP contribution in [0.4, 0.5) is 17.6 Å². The largest absolute Gasteiger partial charge is 0.409 e. The van der Waals surface area contributed by atoms with Crippen LogP contribution in [0.25, 0.3) is 10.8 Å². The Labute approximate surface area is 136 Å². The molecular formula is C17H16F4N2O. The van der Waals surface area contributed by atoms with Crippen molar-refractivity contribution in [1.29, 1.82) is 0 Å². The predicted octanol–water partition coefficient (Wildman–Crippen LogP) is 3.96. The zero-order valence-corrected chi connectivity index (χ0v) is 13.1. The molecule has 0 saturated carbocycles. The number of halogens is 4. The molecule has 0 aromatic heterocycles. The summed E-state index contributed by atoms with van der Waals surface area (Å²) in [5.41, 5.74) is 1.36. The number of benzene rings is 2. The highest BCUT2D eigenvalue weighted by Crippen LogP contribution is 2.41. The maximum Gasteiger partial charge on any atom is 0.409 e. The van der Waals surface area contributed by atoms with Gasteiger partial charge in [0.2, 0.25) is 5.91 Å². The fourth-order valence-electron chi connectivity index (χ4n) is 2.93. The van der Waals surface area contributed by atoms with Crippen LogP contribution in [0.3, 0.4) is 0 Å². The molecule has 1 amide bonds. The molecule has 1 aliphatic heterocycles. The lowest BCUT2D eigenvalue weighted by Gasteiger charge is -2.30. The van der Waals surface area contributed by atoms with Gasteiger partial charge in [0.15, 0.2) is 0 Å². The number of carbonyl (C=O) groups excluding carboxylic acids is 1. The van der Waals surface area contributed by atoms with Gasteiger partial charge in [-0.1, -0.05) is 18.2 Å². The first-order valence-electron chi connectivity index (χ1n) is 7.42. The number of carbonyl (C=O) groups is 1. The first-order valence-corrected chi connectivity index (χ1v) is 7.42. The second kappa shape index (κ2) is 5.44. The van der Waals surface area contributed by atoms with Gasteiger partial charge in [-0.25, -0.2) is 9.40 Å². The molecule has 3 nitrogen and oxygen atoms in total. The first kappa shape index (κ1) is 16.7. The van der Waals surface area contributed by atoms with E-state index in [0.717, 1.165) is 5.01 Å². The Hall–Kier alpha value is -2.15. The van der Waals surface area contributed by atoms with Crippen LogP contribution < -0.4 is 5.43 Å². The topological polar surface area (TPSA) is 32.3 Å². The molecule has 1 heterocycles. The molecule has 0 spiro atoms. The third-order valence-corrected chi connectivity index (χ3v) is 4.19. The standard InChI is InChI=1S/C17H16F4N2O/c1-16(2)9-23(22-15(16)24)14(17(19,20)21)11-4-3-10-5-6-13(18)8-12(10)7-11/h3-8,14H,9H2,1-2H3,(H,22,24). The molecule has 128 valence electrons. The van der Waals surface area contributed by atoms with E-state index in [-0.39, 0.29) is 12.1 Å². The van der Waals surface area contributed by atoms with Gasteiger partial charge < -0.3 is 0 Å². The van der Waals surface area contributed by atoms with Crippen molar-refractivity contribution in [3.8, 4) is 0 Å². The van der Waals surface area contributed by atoms with Crippen molar-refractivity contribution in [3.05, 3.63) is 47.8 Å². The number of hydrogen-bond acceptors (Lipinski definition) is 2. The summed E-state index contributed by atoms with van der Waals surface area (Å²) in [6, 6.07) is 6.16. The Kier molecular flexibility index (Phi) is 3.79. The van der Waals surface area contributed by atoms with Gasteiger partial charge in [0.25, 0.3) is 0 Å². The van der Waals surface area contributed by atoms with E-state index in [1.54, 1.807) is 13.8 Å². The number of alkyl halides is 3. The molecule has 1 atom stereocenters. The maximum absolute atomic E-state index is 13.6. The van der Waals surface area contributed by atoms with Crippen molar-refractivity contribution in [2.75, 3.05) is 6.54 Å². The predicted molar refractivity (Wildman–Crippen MR) is 81.3 cm³/mol. The number of fused-ring (bicyclic) bond motifs is 1. The number of amides is 1. The quantitative estimate of drug-likeness (QED) is 0.840. The summed E-state index contributed by atoms with van der Waals surface area (Å²) in [7, 11) is 0. The van der Waals surface area contributed by atoms with Gasteiger partial charge in [0.05, 0.1) is 5.41 Å². The molecule has 24 heavy (non-hydrogen) atoms. The van der Waals surface area contributed by atoms with Crippen LogP contribution in [-0.4, -0.2) is 23.6 Å².